The van der Waals surface area contributed by atoms with Gasteiger partial charge in [-0.05, 0) is 38.5 Å². The lowest BCUT2D eigenvalue weighted by atomic mass is 9.92. The summed E-state index contributed by atoms with van der Waals surface area (Å²) in [5.74, 6) is 0.721. The van der Waals surface area contributed by atoms with E-state index in [1.807, 2.05) is 39.0 Å². The van der Waals surface area contributed by atoms with Crippen LogP contribution in [0.25, 0.3) is 0 Å². The van der Waals surface area contributed by atoms with Gasteiger partial charge in [0.15, 0.2) is 11.5 Å². The van der Waals surface area contributed by atoms with Gasteiger partial charge in [0.1, 0.15) is 0 Å². The maximum Gasteiger partial charge on any atom is 0.226 e. The molecule has 0 saturated carbocycles. The van der Waals surface area contributed by atoms with Crippen LogP contribution in [-0.4, -0.2) is 43.5 Å². The molecule has 24 heavy (non-hydrogen) atoms. The molecule has 1 aromatic carbocycles. The number of nitrogens with zero attached hydrogens (tertiary/aromatic N) is 1. The second kappa shape index (κ2) is 7.55. The summed E-state index contributed by atoms with van der Waals surface area (Å²) >= 11 is 0. The number of amides is 2. The standard InChI is InChI=1S/C18H26N2O4/c1-6-20-16(21)10-13(18(22)19-11(2)3)17(20)12-7-8-14(23-4)15(9-12)24-5/h7-9,11,13,17H,6,10H2,1-5H3,(H,19,22)/t13-,17+/m1/s1. The van der Waals surface area contributed by atoms with Gasteiger partial charge in [0, 0.05) is 19.0 Å². The Morgan fingerprint density at radius 2 is 1.96 bits per heavy atom. The molecule has 6 heteroatoms. The Morgan fingerprint density at radius 1 is 1.29 bits per heavy atom. The fourth-order valence-corrected chi connectivity index (χ4v) is 3.24. The molecule has 0 aliphatic carbocycles. The van der Waals surface area contributed by atoms with Crippen LogP contribution >= 0.6 is 0 Å². The van der Waals surface area contributed by atoms with Crippen molar-refractivity contribution in [1.82, 2.24) is 10.2 Å². The van der Waals surface area contributed by atoms with Gasteiger partial charge in [0.25, 0.3) is 0 Å². The fraction of sp³-hybridized carbons (Fsp3) is 0.556. The van der Waals surface area contributed by atoms with Crippen LogP contribution in [-0.2, 0) is 9.59 Å². The Bertz CT molecular complexity index is 615. The Kier molecular flexibility index (Phi) is 5.70. The quantitative estimate of drug-likeness (QED) is 0.865. The van der Waals surface area contributed by atoms with Crippen LogP contribution in [0.1, 0.15) is 38.8 Å². The molecule has 1 N–H and O–H groups in total. The lowest BCUT2D eigenvalue weighted by molar-refractivity contribution is -0.129. The SMILES string of the molecule is CCN1C(=O)C[C@@H](C(=O)NC(C)C)[C@@H]1c1ccc(OC)c(OC)c1. The van der Waals surface area contributed by atoms with E-state index in [-0.39, 0.29) is 30.3 Å². The molecule has 1 heterocycles. The van der Waals surface area contributed by atoms with Crippen molar-refractivity contribution in [2.75, 3.05) is 20.8 Å². The molecule has 1 aliphatic rings. The molecule has 0 bridgehead atoms. The zero-order valence-electron chi connectivity index (χ0n) is 15.0. The van der Waals surface area contributed by atoms with Gasteiger partial charge in [0.05, 0.1) is 26.2 Å². The van der Waals surface area contributed by atoms with Gasteiger partial charge < -0.3 is 19.7 Å². The number of nitrogens with one attached hydrogen (secondary N) is 1. The summed E-state index contributed by atoms with van der Waals surface area (Å²) in [4.78, 5) is 26.7. The Labute approximate surface area is 143 Å². The first-order chi connectivity index (χ1) is 11.4. The van der Waals surface area contributed by atoms with Crippen molar-refractivity contribution in [3.05, 3.63) is 23.8 Å². The maximum absolute atomic E-state index is 12.6. The predicted molar refractivity (Wildman–Crippen MR) is 91.1 cm³/mol. The first kappa shape index (κ1) is 18.1. The molecular formula is C18H26N2O4. The minimum Gasteiger partial charge on any atom is -0.493 e. The minimum atomic E-state index is -0.405. The summed E-state index contributed by atoms with van der Waals surface area (Å²) in [5.41, 5.74) is 0.879. The highest BCUT2D eigenvalue weighted by molar-refractivity contribution is 5.90. The van der Waals surface area contributed by atoms with Gasteiger partial charge >= 0.3 is 0 Å². The number of hydrogen-bond acceptors (Lipinski definition) is 4. The van der Waals surface area contributed by atoms with E-state index in [9.17, 15) is 9.59 Å². The number of rotatable bonds is 6. The van der Waals surface area contributed by atoms with Crippen molar-refractivity contribution in [3.8, 4) is 11.5 Å². The molecule has 1 aromatic rings. The summed E-state index contributed by atoms with van der Waals surface area (Å²) in [7, 11) is 3.15. The molecule has 1 fully saturated rings. The van der Waals surface area contributed by atoms with Gasteiger partial charge in [0.2, 0.25) is 11.8 Å². The van der Waals surface area contributed by atoms with Crippen LogP contribution in [0.2, 0.25) is 0 Å². The third kappa shape index (κ3) is 3.47. The van der Waals surface area contributed by atoms with Crippen molar-refractivity contribution in [3.63, 3.8) is 0 Å². The summed E-state index contributed by atoms with van der Waals surface area (Å²) < 4.78 is 10.6. The number of benzene rings is 1. The molecule has 2 atom stereocenters. The number of likely N-dealkylation sites (tertiary alicyclic amines) is 1. The van der Waals surface area contributed by atoms with Crippen LogP contribution in [0, 0.1) is 5.92 Å². The van der Waals surface area contributed by atoms with Crippen LogP contribution < -0.4 is 14.8 Å². The monoisotopic (exact) mass is 334 g/mol. The van der Waals surface area contributed by atoms with Crippen molar-refractivity contribution in [2.24, 2.45) is 5.92 Å². The molecule has 1 saturated heterocycles. The molecule has 0 radical (unpaired) electrons. The topological polar surface area (TPSA) is 67.9 Å². The van der Waals surface area contributed by atoms with Crippen LogP contribution in [0.3, 0.4) is 0 Å². The van der Waals surface area contributed by atoms with E-state index >= 15 is 0 Å². The molecule has 132 valence electrons. The van der Waals surface area contributed by atoms with Gasteiger partial charge in [-0.2, -0.15) is 0 Å². The van der Waals surface area contributed by atoms with Crippen molar-refractivity contribution in [2.45, 2.75) is 39.3 Å². The summed E-state index contributed by atoms with van der Waals surface area (Å²) in [6, 6.07) is 5.29. The molecule has 1 aliphatic heterocycles. The normalized spacial score (nSPS) is 20.4. The highest BCUT2D eigenvalue weighted by atomic mass is 16.5. The maximum atomic E-state index is 12.6. The largest absolute Gasteiger partial charge is 0.493 e. The minimum absolute atomic E-state index is 0.00110. The smallest absolute Gasteiger partial charge is 0.226 e. The van der Waals surface area contributed by atoms with Gasteiger partial charge in [-0.25, -0.2) is 0 Å². The van der Waals surface area contributed by atoms with Gasteiger partial charge in [-0.3, -0.25) is 9.59 Å². The van der Waals surface area contributed by atoms with E-state index in [1.54, 1.807) is 19.1 Å². The van der Waals surface area contributed by atoms with E-state index in [0.29, 0.717) is 18.0 Å². The summed E-state index contributed by atoms with van der Waals surface area (Å²) in [6.45, 7) is 6.31. The molecule has 2 rings (SSSR count). The van der Waals surface area contributed by atoms with Crippen molar-refractivity contribution in [1.29, 1.82) is 0 Å². The van der Waals surface area contributed by atoms with Gasteiger partial charge in [-0.1, -0.05) is 6.07 Å². The fourth-order valence-electron chi connectivity index (χ4n) is 3.24. The molecule has 6 nitrogen and oxygen atoms in total. The van der Waals surface area contributed by atoms with Gasteiger partial charge in [-0.15, -0.1) is 0 Å². The number of carbonyl (C=O) groups is 2. The third-order valence-corrected chi connectivity index (χ3v) is 4.29. The second-order valence-corrected chi connectivity index (χ2v) is 6.21. The Balaban J connectivity index is 2.41. The average Bonchev–Trinajstić information content (AvgIpc) is 2.90. The number of hydrogen-bond donors (Lipinski definition) is 1. The van der Waals surface area contributed by atoms with E-state index in [0.717, 1.165) is 5.56 Å². The lowest BCUT2D eigenvalue weighted by Gasteiger charge is -2.28. The molecular weight excluding hydrogens is 308 g/mol. The predicted octanol–water partition coefficient (Wildman–Crippen LogP) is 2.14. The summed E-state index contributed by atoms with van der Waals surface area (Å²) in [6.07, 6.45) is 0.228. The highest BCUT2D eigenvalue weighted by Crippen LogP contribution is 2.41. The van der Waals surface area contributed by atoms with E-state index in [1.165, 1.54) is 0 Å². The Morgan fingerprint density at radius 3 is 2.50 bits per heavy atom. The first-order valence-electron chi connectivity index (χ1n) is 8.24. The zero-order valence-corrected chi connectivity index (χ0v) is 15.0. The van der Waals surface area contributed by atoms with Crippen LogP contribution in [0.5, 0.6) is 11.5 Å². The molecule has 2 amide bonds. The number of carbonyl (C=O) groups excluding carboxylic acids is 2. The van der Waals surface area contributed by atoms with E-state index in [2.05, 4.69) is 5.32 Å². The third-order valence-electron chi connectivity index (χ3n) is 4.29. The Hall–Kier alpha value is -2.24. The van der Waals surface area contributed by atoms with Crippen LogP contribution in [0.4, 0.5) is 0 Å². The molecule has 0 aromatic heterocycles. The second-order valence-electron chi connectivity index (χ2n) is 6.21. The first-order valence-corrected chi connectivity index (χ1v) is 8.24. The number of methoxy groups -OCH3 is 2. The van der Waals surface area contributed by atoms with E-state index in [4.69, 9.17) is 9.47 Å². The molecule has 0 spiro atoms. The van der Waals surface area contributed by atoms with E-state index < -0.39 is 5.92 Å². The summed E-state index contributed by atoms with van der Waals surface area (Å²) in [5, 5.41) is 2.93. The molecule has 0 unspecified atom stereocenters. The van der Waals surface area contributed by atoms with Crippen LogP contribution in [0.15, 0.2) is 18.2 Å². The number of ether oxygens (including phenoxy) is 2. The zero-order chi connectivity index (χ0) is 17.9. The van der Waals surface area contributed by atoms with Crippen molar-refractivity contribution < 1.29 is 19.1 Å². The average molecular weight is 334 g/mol. The highest BCUT2D eigenvalue weighted by Gasteiger charge is 2.44. The lowest BCUT2D eigenvalue weighted by Crippen LogP contribution is -2.38. The van der Waals surface area contributed by atoms with Crippen molar-refractivity contribution >= 4 is 11.8 Å².